The third-order valence-corrected chi connectivity index (χ3v) is 2.48. The molecular weight excluding hydrogens is 142 g/mol. The Labute approximate surface area is 67.3 Å². The fraction of sp³-hybridized carbons (Fsp3) is 0.875. The van der Waals surface area contributed by atoms with Gasteiger partial charge in [0.05, 0.1) is 13.1 Å². The van der Waals surface area contributed by atoms with Gasteiger partial charge >= 0.3 is 0 Å². The highest BCUT2D eigenvalue weighted by Gasteiger charge is 2.42. The summed E-state index contributed by atoms with van der Waals surface area (Å²) < 4.78 is 5.31. The van der Waals surface area contributed by atoms with E-state index in [0.29, 0.717) is 0 Å². The summed E-state index contributed by atoms with van der Waals surface area (Å²) >= 11 is 0. The van der Waals surface area contributed by atoms with Gasteiger partial charge < -0.3 is 9.64 Å². The Balaban J connectivity index is 2.41. The minimum absolute atomic E-state index is 0.0360. The number of ether oxygens (including phenoxy) is 1. The second-order valence-electron chi connectivity index (χ2n) is 3.12. The van der Waals surface area contributed by atoms with Crippen LogP contribution in [0.15, 0.2) is 0 Å². The highest BCUT2D eigenvalue weighted by atomic mass is 16.5. The second kappa shape index (κ2) is 2.81. The normalized spacial score (nSPS) is 21.2. The first-order valence-corrected chi connectivity index (χ1v) is 3.94. The molecule has 0 bridgehead atoms. The van der Waals surface area contributed by atoms with Gasteiger partial charge in [0, 0.05) is 14.0 Å². The summed E-state index contributed by atoms with van der Waals surface area (Å²) in [6.07, 6.45) is 0.979. The molecule has 1 aliphatic rings. The summed E-state index contributed by atoms with van der Waals surface area (Å²) in [4.78, 5) is 12.6. The van der Waals surface area contributed by atoms with E-state index in [0.717, 1.165) is 19.5 Å². The van der Waals surface area contributed by atoms with Gasteiger partial charge in [0.25, 0.3) is 0 Å². The molecule has 1 rings (SSSR count). The minimum Gasteiger partial charge on any atom is -0.375 e. The summed E-state index contributed by atoms with van der Waals surface area (Å²) in [7, 11) is 1.71. The van der Waals surface area contributed by atoms with E-state index in [9.17, 15) is 4.79 Å². The van der Waals surface area contributed by atoms with Gasteiger partial charge in [-0.25, -0.2) is 0 Å². The van der Waals surface area contributed by atoms with Crippen molar-refractivity contribution in [3.8, 4) is 0 Å². The van der Waals surface area contributed by atoms with Crippen LogP contribution in [0.4, 0.5) is 0 Å². The van der Waals surface area contributed by atoms with Crippen LogP contribution in [0.5, 0.6) is 0 Å². The molecule has 0 spiro atoms. The van der Waals surface area contributed by atoms with E-state index >= 15 is 0 Å². The maximum atomic E-state index is 10.8. The van der Waals surface area contributed by atoms with Crippen LogP contribution in [0.1, 0.15) is 20.3 Å². The highest BCUT2D eigenvalue weighted by Crippen LogP contribution is 2.27. The summed E-state index contributed by atoms with van der Waals surface area (Å²) in [5.41, 5.74) is -0.0360. The van der Waals surface area contributed by atoms with Gasteiger partial charge in [-0.1, -0.05) is 6.92 Å². The van der Waals surface area contributed by atoms with E-state index in [1.54, 1.807) is 18.9 Å². The number of amides is 1. The molecule has 0 atom stereocenters. The van der Waals surface area contributed by atoms with E-state index in [1.165, 1.54) is 0 Å². The predicted molar refractivity (Wildman–Crippen MR) is 42.3 cm³/mol. The largest absolute Gasteiger partial charge is 0.375 e. The molecule has 0 aromatic rings. The molecule has 1 heterocycles. The van der Waals surface area contributed by atoms with Crippen molar-refractivity contribution in [2.24, 2.45) is 0 Å². The topological polar surface area (TPSA) is 29.5 Å². The van der Waals surface area contributed by atoms with E-state index in [1.807, 2.05) is 0 Å². The molecule has 1 fully saturated rings. The molecule has 64 valence electrons. The standard InChI is InChI=1S/C8H15NO2/c1-4-8(11-3)5-9(6-8)7(2)10/h4-6H2,1-3H3. The van der Waals surface area contributed by atoms with Gasteiger partial charge in [-0.3, -0.25) is 4.79 Å². The molecule has 0 aromatic heterocycles. The van der Waals surface area contributed by atoms with Crippen molar-refractivity contribution in [3.63, 3.8) is 0 Å². The number of methoxy groups -OCH3 is 1. The molecule has 0 unspecified atom stereocenters. The molecule has 0 radical (unpaired) electrons. The van der Waals surface area contributed by atoms with E-state index in [-0.39, 0.29) is 11.5 Å². The van der Waals surface area contributed by atoms with Gasteiger partial charge in [0.2, 0.25) is 5.91 Å². The lowest BCUT2D eigenvalue weighted by atomic mass is 9.91. The van der Waals surface area contributed by atoms with Crippen LogP contribution in [0, 0.1) is 0 Å². The van der Waals surface area contributed by atoms with Gasteiger partial charge in [-0.15, -0.1) is 0 Å². The van der Waals surface area contributed by atoms with Crippen molar-refractivity contribution in [2.75, 3.05) is 20.2 Å². The first kappa shape index (κ1) is 8.53. The van der Waals surface area contributed by atoms with Crippen molar-refractivity contribution in [3.05, 3.63) is 0 Å². The number of nitrogens with zero attached hydrogens (tertiary/aromatic N) is 1. The monoisotopic (exact) mass is 157 g/mol. The first-order chi connectivity index (χ1) is 5.13. The Morgan fingerprint density at radius 2 is 2.18 bits per heavy atom. The van der Waals surface area contributed by atoms with Gasteiger partial charge in [-0.05, 0) is 6.42 Å². The quantitative estimate of drug-likeness (QED) is 0.589. The van der Waals surface area contributed by atoms with Crippen LogP contribution >= 0.6 is 0 Å². The van der Waals surface area contributed by atoms with Gasteiger partial charge in [0.1, 0.15) is 5.60 Å². The van der Waals surface area contributed by atoms with Crippen molar-refractivity contribution in [1.29, 1.82) is 0 Å². The Morgan fingerprint density at radius 3 is 2.45 bits per heavy atom. The second-order valence-corrected chi connectivity index (χ2v) is 3.12. The summed E-state index contributed by atoms with van der Waals surface area (Å²) in [5, 5.41) is 0. The third-order valence-electron chi connectivity index (χ3n) is 2.48. The number of hydrogen-bond acceptors (Lipinski definition) is 2. The maximum absolute atomic E-state index is 10.8. The first-order valence-electron chi connectivity index (χ1n) is 3.94. The molecule has 0 aromatic carbocycles. The zero-order valence-electron chi connectivity index (χ0n) is 7.39. The van der Waals surface area contributed by atoms with Crippen molar-refractivity contribution >= 4 is 5.91 Å². The van der Waals surface area contributed by atoms with Crippen LogP contribution in [0.25, 0.3) is 0 Å². The minimum atomic E-state index is -0.0360. The van der Waals surface area contributed by atoms with Crippen LogP contribution < -0.4 is 0 Å². The van der Waals surface area contributed by atoms with Crippen molar-refractivity contribution in [2.45, 2.75) is 25.9 Å². The SMILES string of the molecule is CCC1(OC)CN(C(C)=O)C1. The Hall–Kier alpha value is -0.570. The van der Waals surface area contributed by atoms with E-state index in [4.69, 9.17) is 4.74 Å². The number of likely N-dealkylation sites (tertiary alicyclic amines) is 1. The molecule has 3 nitrogen and oxygen atoms in total. The Kier molecular flexibility index (Phi) is 2.18. The molecule has 11 heavy (non-hydrogen) atoms. The molecule has 3 heteroatoms. The Bertz CT molecular complexity index is 155. The van der Waals surface area contributed by atoms with Crippen molar-refractivity contribution < 1.29 is 9.53 Å². The van der Waals surface area contributed by atoms with Gasteiger partial charge in [0.15, 0.2) is 0 Å². The highest BCUT2D eigenvalue weighted by molar-refractivity contribution is 5.74. The molecule has 0 aliphatic carbocycles. The summed E-state index contributed by atoms with van der Waals surface area (Å²) in [6.45, 7) is 5.20. The lowest BCUT2D eigenvalue weighted by Crippen LogP contribution is -2.63. The van der Waals surface area contributed by atoms with Crippen LogP contribution in [0.2, 0.25) is 0 Å². The number of rotatable bonds is 2. The molecule has 1 amide bonds. The molecule has 1 saturated heterocycles. The van der Waals surface area contributed by atoms with Crippen LogP contribution in [-0.4, -0.2) is 36.6 Å². The lowest BCUT2D eigenvalue weighted by Gasteiger charge is -2.48. The number of hydrogen-bond donors (Lipinski definition) is 0. The maximum Gasteiger partial charge on any atom is 0.219 e. The number of carbonyl (C=O) groups is 1. The average Bonchev–Trinajstić information content (AvgIpc) is 1.87. The van der Waals surface area contributed by atoms with E-state index < -0.39 is 0 Å². The summed E-state index contributed by atoms with van der Waals surface area (Å²) in [5.74, 6) is 0.145. The van der Waals surface area contributed by atoms with Crippen LogP contribution in [0.3, 0.4) is 0 Å². The fourth-order valence-corrected chi connectivity index (χ4v) is 1.37. The fourth-order valence-electron chi connectivity index (χ4n) is 1.37. The molecule has 0 saturated carbocycles. The van der Waals surface area contributed by atoms with Crippen molar-refractivity contribution in [1.82, 2.24) is 4.90 Å². The Morgan fingerprint density at radius 1 is 1.64 bits per heavy atom. The number of carbonyl (C=O) groups excluding carboxylic acids is 1. The lowest BCUT2D eigenvalue weighted by molar-refractivity contribution is -0.160. The zero-order valence-corrected chi connectivity index (χ0v) is 7.39. The van der Waals surface area contributed by atoms with Crippen LogP contribution in [-0.2, 0) is 9.53 Å². The average molecular weight is 157 g/mol. The van der Waals surface area contributed by atoms with E-state index in [2.05, 4.69) is 6.92 Å². The molecule has 0 N–H and O–H groups in total. The predicted octanol–water partition coefficient (Wildman–Crippen LogP) is 0.644. The zero-order chi connectivity index (χ0) is 8.48. The smallest absolute Gasteiger partial charge is 0.219 e. The molecular formula is C8H15NO2. The molecule has 1 aliphatic heterocycles. The summed E-state index contributed by atoms with van der Waals surface area (Å²) in [6, 6.07) is 0. The third kappa shape index (κ3) is 1.38. The van der Waals surface area contributed by atoms with Gasteiger partial charge in [-0.2, -0.15) is 0 Å².